The molecule has 2 fully saturated rings. The lowest BCUT2D eigenvalue weighted by Gasteiger charge is -2.23. The van der Waals surface area contributed by atoms with E-state index in [0.717, 1.165) is 51.4 Å². The van der Waals surface area contributed by atoms with Crippen molar-refractivity contribution in [2.75, 3.05) is 0 Å². The average Bonchev–Trinajstić information content (AvgIpc) is 2.69. The predicted octanol–water partition coefficient (Wildman–Crippen LogP) is 6.02. The van der Waals surface area contributed by atoms with Gasteiger partial charge in [0.2, 0.25) is 0 Å². The largest absolute Gasteiger partial charge is 0.169 e. The molecule has 18 heavy (non-hydrogen) atoms. The summed E-state index contributed by atoms with van der Waals surface area (Å²) in [6.07, 6.45) is 13.6. The van der Waals surface area contributed by atoms with Crippen LogP contribution in [0.15, 0.2) is 10.2 Å². The predicted molar refractivity (Wildman–Crippen MR) is 77.4 cm³/mol. The molecule has 0 amide bonds. The maximum absolute atomic E-state index is 6.58. The second-order valence-corrected chi connectivity index (χ2v) is 7.27. The zero-order valence-electron chi connectivity index (χ0n) is 11.1. The van der Waals surface area contributed by atoms with E-state index < -0.39 is 10.00 Å². The summed E-state index contributed by atoms with van der Waals surface area (Å²) in [5.41, 5.74) is 0. The molecule has 0 N–H and O–H groups in total. The maximum Gasteiger partial charge on any atom is 0.154 e. The fourth-order valence-corrected chi connectivity index (χ4v) is 3.53. The molecule has 0 aromatic rings. The maximum atomic E-state index is 6.58. The van der Waals surface area contributed by atoms with Gasteiger partial charge in [0, 0.05) is 0 Å². The van der Waals surface area contributed by atoms with E-state index >= 15 is 0 Å². The first-order chi connectivity index (χ1) is 8.62. The van der Waals surface area contributed by atoms with Crippen molar-refractivity contribution in [3.05, 3.63) is 0 Å². The number of azo groups is 1. The Labute approximate surface area is 121 Å². The van der Waals surface area contributed by atoms with E-state index in [0.29, 0.717) is 0 Å². The van der Waals surface area contributed by atoms with Crippen LogP contribution in [-0.4, -0.2) is 10.00 Å². The number of alkyl halides is 2. The SMILES string of the molecule is ClC1(/N=N/C2(Cl)CCCCCC2)CCCCCC1. The number of hydrogen-bond donors (Lipinski definition) is 0. The minimum Gasteiger partial charge on any atom is -0.169 e. The van der Waals surface area contributed by atoms with Gasteiger partial charge in [0.25, 0.3) is 0 Å². The molecular weight excluding hydrogens is 267 g/mol. The van der Waals surface area contributed by atoms with E-state index in [1.54, 1.807) is 0 Å². The van der Waals surface area contributed by atoms with Crippen molar-refractivity contribution in [1.82, 2.24) is 0 Å². The molecule has 0 unspecified atom stereocenters. The Balaban J connectivity index is 1.98. The molecule has 0 aromatic carbocycles. The van der Waals surface area contributed by atoms with Gasteiger partial charge >= 0.3 is 0 Å². The van der Waals surface area contributed by atoms with Crippen LogP contribution in [-0.2, 0) is 0 Å². The molecule has 0 radical (unpaired) electrons. The smallest absolute Gasteiger partial charge is 0.154 e. The summed E-state index contributed by atoms with van der Waals surface area (Å²) >= 11 is 13.2. The van der Waals surface area contributed by atoms with Gasteiger partial charge in [0.1, 0.15) is 0 Å². The first kappa shape index (κ1) is 14.6. The summed E-state index contributed by atoms with van der Waals surface area (Å²) in [6.45, 7) is 0. The summed E-state index contributed by atoms with van der Waals surface area (Å²) in [7, 11) is 0. The Kier molecular flexibility index (Phi) is 5.32. The van der Waals surface area contributed by atoms with Crippen LogP contribution in [0, 0.1) is 0 Å². The summed E-state index contributed by atoms with van der Waals surface area (Å²) < 4.78 is 0. The Bertz CT molecular complexity index is 248. The quantitative estimate of drug-likeness (QED) is 0.257. The molecule has 2 aliphatic rings. The molecule has 0 saturated heterocycles. The van der Waals surface area contributed by atoms with E-state index in [2.05, 4.69) is 10.2 Å². The van der Waals surface area contributed by atoms with Crippen LogP contribution in [0.5, 0.6) is 0 Å². The van der Waals surface area contributed by atoms with Crippen LogP contribution in [0.25, 0.3) is 0 Å². The molecule has 0 atom stereocenters. The lowest BCUT2D eigenvalue weighted by Crippen LogP contribution is -2.21. The lowest BCUT2D eigenvalue weighted by atomic mass is 10.1. The topological polar surface area (TPSA) is 24.7 Å². The van der Waals surface area contributed by atoms with E-state index in [1.165, 1.54) is 25.7 Å². The van der Waals surface area contributed by atoms with Crippen molar-refractivity contribution in [1.29, 1.82) is 0 Å². The molecule has 0 aromatic heterocycles. The molecule has 4 heteroatoms. The minimum absolute atomic E-state index is 0.468. The van der Waals surface area contributed by atoms with E-state index in [-0.39, 0.29) is 0 Å². The highest BCUT2D eigenvalue weighted by atomic mass is 35.5. The molecule has 2 aliphatic carbocycles. The minimum atomic E-state index is -0.468. The van der Waals surface area contributed by atoms with Gasteiger partial charge in [-0.25, -0.2) is 0 Å². The van der Waals surface area contributed by atoms with Crippen LogP contribution in [0.3, 0.4) is 0 Å². The zero-order valence-corrected chi connectivity index (χ0v) is 12.6. The van der Waals surface area contributed by atoms with Crippen LogP contribution in [0.4, 0.5) is 0 Å². The first-order valence-corrected chi connectivity index (χ1v) is 8.20. The Morgan fingerprint density at radius 3 is 1.06 bits per heavy atom. The van der Waals surface area contributed by atoms with Gasteiger partial charge in [-0.3, -0.25) is 0 Å². The van der Waals surface area contributed by atoms with Crippen LogP contribution in [0.2, 0.25) is 0 Å². The number of hydrogen-bond acceptors (Lipinski definition) is 2. The van der Waals surface area contributed by atoms with E-state index in [9.17, 15) is 0 Å². The van der Waals surface area contributed by atoms with Gasteiger partial charge in [-0.15, -0.1) is 0 Å². The molecule has 104 valence electrons. The molecule has 0 aliphatic heterocycles. The third-order valence-electron chi connectivity index (χ3n) is 4.15. The second kappa shape index (κ2) is 6.56. The van der Waals surface area contributed by atoms with Gasteiger partial charge in [-0.2, -0.15) is 10.2 Å². The zero-order chi connectivity index (χ0) is 12.9. The highest BCUT2D eigenvalue weighted by Crippen LogP contribution is 2.39. The van der Waals surface area contributed by atoms with Gasteiger partial charge in [0.15, 0.2) is 10.00 Å². The Hall–Kier alpha value is 0.180. The van der Waals surface area contributed by atoms with Gasteiger partial charge in [-0.05, 0) is 51.4 Å². The van der Waals surface area contributed by atoms with Crippen LogP contribution < -0.4 is 0 Å². The summed E-state index contributed by atoms with van der Waals surface area (Å²) in [5, 5.41) is 8.94. The number of halogens is 2. The summed E-state index contributed by atoms with van der Waals surface area (Å²) in [6, 6.07) is 0. The van der Waals surface area contributed by atoms with Crippen molar-refractivity contribution < 1.29 is 0 Å². The number of rotatable bonds is 2. The van der Waals surface area contributed by atoms with Gasteiger partial charge in [-0.1, -0.05) is 48.9 Å². The van der Waals surface area contributed by atoms with Gasteiger partial charge < -0.3 is 0 Å². The first-order valence-electron chi connectivity index (χ1n) is 7.44. The average molecular weight is 291 g/mol. The fraction of sp³-hybridized carbons (Fsp3) is 1.00. The summed E-state index contributed by atoms with van der Waals surface area (Å²) in [5.74, 6) is 0. The monoisotopic (exact) mass is 290 g/mol. The van der Waals surface area contributed by atoms with Crippen LogP contribution >= 0.6 is 23.2 Å². The van der Waals surface area contributed by atoms with Crippen LogP contribution in [0.1, 0.15) is 77.0 Å². The van der Waals surface area contributed by atoms with E-state index in [1.807, 2.05) is 0 Å². The molecule has 0 bridgehead atoms. The lowest BCUT2D eigenvalue weighted by molar-refractivity contribution is 0.435. The third-order valence-corrected chi connectivity index (χ3v) is 5.05. The normalized spacial score (nSPS) is 28.8. The van der Waals surface area contributed by atoms with Crippen molar-refractivity contribution in [2.45, 2.75) is 87.0 Å². The summed E-state index contributed by atoms with van der Waals surface area (Å²) in [4.78, 5) is -0.935. The van der Waals surface area contributed by atoms with Crippen molar-refractivity contribution in [3.63, 3.8) is 0 Å². The third kappa shape index (κ3) is 4.38. The van der Waals surface area contributed by atoms with Crippen molar-refractivity contribution >= 4 is 23.2 Å². The highest BCUT2D eigenvalue weighted by Gasteiger charge is 2.32. The Morgan fingerprint density at radius 2 is 0.778 bits per heavy atom. The molecule has 0 spiro atoms. The fourth-order valence-electron chi connectivity index (χ4n) is 2.92. The van der Waals surface area contributed by atoms with E-state index in [4.69, 9.17) is 23.2 Å². The van der Waals surface area contributed by atoms with Crippen molar-refractivity contribution in [2.24, 2.45) is 10.2 Å². The molecule has 2 nitrogen and oxygen atoms in total. The molecule has 0 heterocycles. The van der Waals surface area contributed by atoms with Gasteiger partial charge in [0.05, 0.1) is 0 Å². The number of nitrogens with zero attached hydrogens (tertiary/aromatic N) is 2. The molecule has 2 rings (SSSR count). The standard InChI is InChI=1S/C14H24Cl2N2/c15-13(9-5-1-2-6-10-13)17-18-14(16)11-7-3-4-8-12-14/h1-12H2/b18-17+. The molecular formula is C14H24Cl2N2. The Morgan fingerprint density at radius 1 is 0.500 bits per heavy atom. The highest BCUT2D eigenvalue weighted by molar-refractivity contribution is 6.24. The molecule has 2 saturated carbocycles. The van der Waals surface area contributed by atoms with Crippen molar-refractivity contribution in [3.8, 4) is 0 Å². The second-order valence-electron chi connectivity index (χ2n) is 5.86.